The molecule has 2 aliphatic rings. The molecule has 2 aliphatic heterocycles. The van der Waals surface area contributed by atoms with Crippen LogP contribution in [0.2, 0.25) is 0 Å². The summed E-state index contributed by atoms with van der Waals surface area (Å²) in [6, 6.07) is 9.40. The van der Waals surface area contributed by atoms with Gasteiger partial charge in [-0.05, 0) is 37.3 Å². The zero-order chi connectivity index (χ0) is 16.5. The van der Waals surface area contributed by atoms with Crippen LogP contribution in [0.15, 0.2) is 36.5 Å². The molecule has 126 valence electrons. The Bertz CT molecular complexity index is 691. The molecule has 24 heavy (non-hydrogen) atoms. The normalized spacial score (nSPS) is 19.4. The third-order valence-electron chi connectivity index (χ3n) is 4.97. The summed E-state index contributed by atoms with van der Waals surface area (Å²) in [7, 11) is 0. The molecule has 2 saturated heterocycles. The summed E-state index contributed by atoms with van der Waals surface area (Å²) >= 11 is 0. The molecule has 1 aromatic heterocycles. The fraction of sp³-hybridized carbons (Fsp3) is 0.444. The van der Waals surface area contributed by atoms with Gasteiger partial charge in [-0.2, -0.15) is 0 Å². The van der Waals surface area contributed by atoms with Crippen molar-refractivity contribution in [2.75, 3.05) is 49.1 Å². The van der Waals surface area contributed by atoms with E-state index < -0.39 is 0 Å². The highest BCUT2D eigenvalue weighted by molar-refractivity contribution is 5.47. The number of rotatable bonds is 3. The van der Waals surface area contributed by atoms with Crippen LogP contribution in [0.5, 0.6) is 0 Å². The molecule has 1 aromatic carbocycles. The Morgan fingerprint density at radius 1 is 0.958 bits per heavy atom. The minimum absolute atomic E-state index is 0.174. The number of nitrogens with zero attached hydrogens (tertiary/aromatic N) is 5. The molecule has 2 fully saturated rings. The Kier molecular flexibility index (Phi) is 4.06. The molecule has 3 heterocycles. The van der Waals surface area contributed by atoms with Crippen molar-refractivity contribution < 1.29 is 4.39 Å². The molecule has 0 N–H and O–H groups in total. The molecular weight excluding hydrogens is 305 g/mol. The number of hydrogen-bond acceptors (Lipinski definition) is 5. The summed E-state index contributed by atoms with van der Waals surface area (Å²) in [5.41, 5.74) is 1.11. The van der Waals surface area contributed by atoms with Crippen molar-refractivity contribution in [2.45, 2.75) is 13.0 Å². The van der Waals surface area contributed by atoms with Gasteiger partial charge < -0.3 is 9.80 Å². The zero-order valence-electron chi connectivity index (χ0n) is 13.9. The van der Waals surface area contributed by atoms with Crippen molar-refractivity contribution in [1.82, 2.24) is 14.9 Å². The summed E-state index contributed by atoms with van der Waals surface area (Å²) in [5.74, 6) is 1.68. The summed E-state index contributed by atoms with van der Waals surface area (Å²) < 4.78 is 13.0. The number of halogens is 1. The minimum Gasteiger partial charge on any atom is -0.369 e. The van der Waals surface area contributed by atoms with Gasteiger partial charge in [-0.15, -0.1) is 0 Å². The Hall–Kier alpha value is -2.21. The van der Waals surface area contributed by atoms with E-state index in [0.717, 1.165) is 56.6 Å². The highest BCUT2D eigenvalue weighted by Crippen LogP contribution is 2.24. The van der Waals surface area contributed by atoms with Gasteiger partial charge in [0.1, 0.15) is 17.5 Å². The van der Waals surface area contributed by atoms with Gasteiger partial charge in [-0.3, -0.25) is 4.90 Å². The van der Waals surface area contributed by atoms with E-state index in [2.05, 4.69) is 24.7 Å². The summed E-state index contributed by atoms with van der Waals surface area (Å²) in [5, 5.41) is 0. The van der Waals surface area contributed by atoms with E-state index in [1.165, 1.54) is 12.1 Å². The second-order valence-electron chi connectivity index (χ2n) is 6.52. The fourth-order valence-corrected chi connectivity index (χ4v) is 3.49. The van der Waals surface area contributed by atoms with Crippen LogP contribution in [-0.4, -0.2) is 60.2 Å². The van der Waals surface area contributed by atoms with Gasteiger partial charge in [-0.1, -0.05) is 0 Å². The monoisotopic (exact) mass is 327 g/mol. The number of hydrogen-bond donors (Lipinski definition) is 0. The highest BCUT2D eigenvalue weighted by Gasteiger charge is 2.34. The SMILES string of the molecule is Cc1nccc(N2CC(N3CCN(c4ccc(F)cc4)CC3)C2)n1. The number of anilines is 2. The van der Waals surface area contributed by atoms with Crippen LogP contribution in [0, 0.1) is 12.7 Å². The maximum atomic E-state index is 13.0. The van der Waals surface area contributed by atoms with Crippen molar-refractivity contribution in [3.63, 3.8) is 0 Å². The molecular formula is C18H22FN5. The van der Waals surface area contributed by atoms with Crippen LogP contribution in [0.3, 0.4) is 0 Å². The average molecular weight is 327 g/mol. The van der Waals surface area contributed by atoms with E-state index in [1.54, 1.807) is 0 Å². The zero-order valence-corrected chi connectivity index (χ0v) is 13.9. The fourth-order valence-electron chi connectivity index (χ4n) is 3.49. The maximum absolute atomic E-state index is 13.0. The van der Waals surface area contributed by atoms with Crippen LogP contribution < -0.4 is 9.80 Å². The standard InChI is InChI=1S/C18H22FN5/c1-14-20-7-6-18(21-14)24-12-17(13-24)23-10-8-22(9-11-23)16-4-2-15(19)3-5-16/h2-7,17H,8-13H2,1H3. The molecule has 0 amide bonds. The Labute approximate surface area is 141 Å². The van der Waals surface area contributed by atoms with E-state index in [1.807, 2.05) is 31.3 Å². The van der Waals surface area contributed by atoms with Gasteiger partial charge in [0.2, 0.25) is 0 Å². The molecule has 0 atom stereocenters. The predicted octanol–water partition coefficient (Wildman–Crippen LogP) is 1.93. The molecule has 4 rings (SSSR count). The lowest BCUT2D eigenvalue weighted by Gasteiger charge is -2.49. The van der Waals surface area contributed by atoms with Gasteiger partial charge in [0.15, 0.2) is 0 Å². The second-order valence-corrected chi connectivity index (χ2v) is 6.52. The summed E-state index contributed by atoms with van der Waals surface area (Å²) in [6.45, 7) is 8.09. The minimum atomic E-state index is -0.174. The van der Waals surface area contributed by atoms with Crippen LogP contribution in [0.25, 0.3) is 0 Å². The van der Waals surface area contributed by atoms with Gasteiger partial charge in [0, 0.05) is 57.2 Å². The first-order chi connectivity index (χ1) is 11.7. The molecule has 6 heteroatoms. The molecule has 0 saturated carbocycles. The third-order valence-corrected chi connectivity index (χ3v) is 4.97. The Balaban J connectivity index is 1.29. The maximum Gasteiger partial charge on any atom is 0.132 e. The van der Waals surface area contributed by atoms with E-state index in [4.69, 9.17) is 0 Å². The first-order valence-electron chi connectivity index (χ1n) is 8.48. The lowest BCUT2D eigenvalue weighted by Crippen LogP contribution is -2.63. The second kappa shape index (κ2) is 6.36. The van der Waals surface area contributed by atoms with Crippen molar-refractivity contribution in [1.29, 1.82) is 0 Å². The van der Waals surface area contributed by atoms with Crippen LogP contribution >= 0.6 is 0 Å². The quantitative estimate of drug-likeness (QED) is 0.861. The largest absolute Gasteiger partial charge is 0.369 e. The number of benzene rings is 1. The lowest BCUT2D eigenvalue weighted by atomic mass is 10.1. The molecule has 0 aliphatic carbocycles. The number of aromatic nitrogens is 2. The Morgan fingerprint density at radius 2 is 1.67 bits per heavy atom. The van der Waals surface area contributed by atoms with Gasteiger partial charge >= 0.3 is 0 Å². The van der Waals surface area contributed by atoms with E-state index in [-0.39, 0.29) is 5.82 Å². The smallest absolute Gasteiger partial charge is 0.132 e. The molecule has 0 unspecified atom stereocenters. The lowest BCUT2D eigenvalue weighted by molar-refractivity contribution is 0.157. The third kappa shape index (κ3) is 3.06. The first-order valence-corrected chi connectivity index (χ1v) is 8.48. The molecule has 5 nitrogen and oxygen atoms in total. The first kappa shape index (κ1) is 15.3. The van der Waals surface area contributed by atoms with E-state index in [0.29, 0.717) is 6.04 Å². The molecule has 0 bridgehead atoms. The number of aryl methyl sites for hydroxylation is 1. The molecule has 0 radical (unpaired) electrons. The summed E-state index contributed by atoms with van der Waals surface area (Å²) in [6.07, 6.45) is 1.83. The topological polar surface area (TPSA) is 35.5 Å². The van der Waals surface area contributed by atoms with Crippen LogP contribution in [-0.2, 0) is 0 Å². The predicted molar refractivity (Wildman–Crippen MR) is 93.0 cm³/mol. The highest BCUT2D eigenvalue weighted by atomic mass is 19.1. The van der Waals surface area contributed by atoms with Gasteiger partial charge in [0.05, 0.1) is 0 Å². The average Bonchev–Trinajstić information content (AvgIpc) is 2.55. The van der Waals surface area contributed by atoms with Crippen molar-refractivity contribution in [3.8, 4) is 0 Å². The molecule has 2 aromatic rings. The van der Waals surface area contributed by atoms with Crippen molar-refractivity contribution >= 4 is 11.5 Å². The van der Waals surface area contributed by atoms with Gasteiger partial charge in [0.25, 0.3) is 0 Å². The van der Waals surface area contributed by atoms with E-state index >= 15 is 0 Å². The molecule has 0 spiro atoms. The van der Waals surface area contributed by atoms with Gasteiger partial charge in [-0.25, -0.2) is 14.4 Å². The van der Waals surface area contributed by atoms with Crippen LogP contribution in [0.1, 0.15) is 5.82 Å². The Morgan fingerprint density at radius 3 is 2.33 bits per heavy atom. The van der Waals surface area contributed by atoms with Crippen LogP contribution in [0.4, 0.5) is 15.9 Å². The van der Waals surface area contributed by atoms with Crippen molar-refractivity contribution in [3.05, 3.63) is 48.2 Å². The van der Waals surface area contributed by atoms with E-state index in [9.17, 15) is 4.39 Å². The number of piperazine rings is 1. The van der Waals surface area contributed by atoms with Crippen molar-refractivity contribution in [2.24, 2.45) is 0 Å². The summed E-state index contributed by atoms with van der Waals surface area (Å²) in [4.78, 5) is 15.9.